The third-order valence-corrected chi connectivity index (χ3v) is 2.92. The van der Waals surface area contributed by atoms with Crippen LogP contribution in [0.4, 0.5) is 20.4 Å². The largest absolute Gasteiger partial charge is 0.266 e. The van der Waals surface area contributed by atoms with Crippen LogP contribution in [0.2, 0.25) is 0 Å². The van der Waals surface area contributed by atoms with Crippen LogP contribution in [0.5, 0.6) is 0 Å². The second-order valence-electron chi connectivity index (χ2n) is 4.39. The topological polar surface area (TPSA) is 51.1 Å². The Morgan fingerprint density at radius 1 is 1.09 bits per heavy atom. The Morgan fingerprint density at radius 3 is 2.73 bits per heavy atom. The molecule has 0 fully saturated rings. The molecular formula is C15H12F2N4O. The van der Waals surface area contributed by atoms with Crippen molar-refractivity contribution in [2.24, 2.45) is 0 Å². The summed E-state index contributed by atoms with van der Waals surface area (Å²) < 4.78 is 26.5. The Balaban J connectivity index is 2.06. The minimum absolute atomic E-state index is 0.216. The lowest BCUT2D eigenvalue weighted by Gasteiger charge is -2.21. The smallest absolute Gasteiger partial charge is 0.255 e. The molecule has 112 valence electrons. The van der Waals surface area contributed by atoms with Crippen LogP contribution in [0.25, 0.3) is 11.0 Å². The van der Waals surface area contributed by atoms with Gasteiger partial charge in [-0.3, -0.25) is 9.82 Å². The van der Waals surface area contributed by atoms with Gasteiger partial charge in [0.25, 0.3) is 5.95 Å². The van der Waals surface area contributed by atoms with Gasteiger partial charge in [0.15, 0.2) is 11.6 Å². The van der Waals surface area contributed by atoms with E-state index in [1.807, 2.05) is 0 Å². The van der Waals surface area contributed by atoms with Gasteiger partial charge in [0.05, 0.1) is 24.0 Å². The maximum absolute atomic E-state index is 13.4. The molecule has 0 unspecified atom stereocenters. The molecule has 3 rings (SSSR count). The summed E-state index contributed by atoms with van der Waals surface area (Å²) in [5.41, 5.74) is 1.55. The average Bonchev–Trinajstić information content (AvgIpc) is 2.55. The molecule has 3 aromatic rings. The normalized spacial score (nSPS) is 10.9. The van der Waals surface area contributed by atoms with Crippen LogP contribution in [0.3, 0.4) is 0 Å². The summed E-state index contributed by atoms with van der Waals surface area (Å²) in [6.07, 6.45) is 3.19. The molecule has 2 aromatic heterocycles. The van der Waals surface area contributed by atoms with Crippen molar-refractivity contribution in [1.82, 2.24) is 15.0 Å². The van der Waals surface area contributed by atoms with E-state index in [1.165, 1.54) is 11.1 Å². The first-order chi connectivity index (χ1) is 10.7. The standard InChI is InChI=1S/C15H12F2N4O/c1-2-22-21(10-5-6-11(16)12(17)8-10)15-19-9-14-13(20-15)4-3-7-18-14/h3-9H,2H2,1H3. The van der Waals surface area contributed by atoms with Gasteiger partial charge in [-0.2, -0.15) is 5.06 Å². The number of hydrogen-bond acceptors (Lipinski definition) is 5. The van der Waals surface area contributed by atoms with Crippen molar-refractivity contribution in [3.8, 4) is 0 Å². The van der Waals surface area contributed by atoms with E-state index >= 15 is 0 Å². The number of pyridine rings is 1. The molecule has 5 nitrogen and oxygen atoms in total. The molecule has 22 heavy (non-hydrogen) atoms. The zero-order valence-electron chi connectivity index (χ0n) is 11.7. The fourth-order valence-corrected chi connectivity index (χ4v) is 1.94. The van der Waals surface area contributed by atoms with Crippen LogP contribution in [0.15, 0.2) is 42.7 Å². The van der Waals surface area contributed by atoms with Gasteiger partial charge in [0, 0.05) is 12.3 Å². The molecule has 0 saturated heterocycles. The summed E-state index contributed by atoms with van der Waals surface area (Å²) in [7, 11) is 0. The number of nitrogens with zero attached hydrogens (tertiary/aromatic N) is 4. The number of aromatic nitrogens is 3. The third kappa shape index (κ3) is 2.71. The molecule has 0 radical (unpaired) electrons. The van der Waals surface area contributed by atoms with Gasteiger partial charge in [-0.1, -0.05) is 0 Å². The Hall–Kier alpha value is -2.67. The lowest BCUT2D eigenvalue weighted by molar-refractivity contribution is 0.145. The first kappa shape index (κ1) is 14.3. The predicted molar refractivity (Wildman–Crippen MR) is 77.5 cm³/mol. The second kappa shape index (κ2) is 5.98. The number of fused-ring (bicyclic) bond motifs is 1. The van der Waals surface area contributed by atoms with E-state index in [4.69, 9.17) is 4.84 Å². The Morgan fingerprint density at radius 2 is 1.95 bits per heavy atom. The van der Waals surface area contributed by atoms with Crippen molar-refractivity contribution in [1.29, 1.82) is 0 Å². The van der Waals surface area contributed by atoms with Gasteiger partial charge < -0.3 is 0 Å². The van der Waals surface area contributed by atoms with Crippen molar-refractivity contribution < 1.29 is 13.6 Å². The number of rotatable bonds is 4. The Kier molecular flexibility index (Phi) is 3.88. The van der Waals surface area contributed by atoms with E-state index in [0.717, 1.165) is 12.1 Å². The highest BCUT2D eigenvalue weighted by atomic mass is 19.2. The minimum atomic E-state index is -0.968. The fraction of sp³-hybridized carbons (Fsp3) is 0.133. The molecule has 7 heteroatoms. The number of hydrogen-bond donors (Lipinski definition) is 0. The highest BCUT2D eigenvalue weighted by Crippen LogP contribution is 2.25. The molecule has 0 aliphatic heterocycles. The number of anilines is 2. The lowest BCUT2D eigenvalue weighted by Crippen LogP contribution is -2.20. The molecule has 0 amide bonds. The number of halogens is 2. The fourth-order valence-electron chi connectivity index (χ4n) is 1.94. The van der Waals surface area contributed by atoms with E-state index in [0.29, 0.717) is 23.3 Å². The summed E-state index contributed by atoms with van der Waals surface area (Å²) in [5, 5.41) is 1.26. The SMILES string of the molecule is CCON(c1ccc(F)c(F)c1)c1ncc2ncccc2n1. The summed E-state index contributed by atoms with van der Waals surface area (Å²) in [6.45, 7) is 2.09. The molecule has 0 N–H and O–H groups in total. The van der Waals surface area contributed by atoms with Crippen LogP contribution in [-0.2, 0) is 4.84 Å². The molecule has 2 heterocycles. The van der Waals surface area contributed by atoms with E-state index in [9.17, 15) is 8.78 Å². The van der Waals surface area contributed by atoms with Crippen LogP contribution < -0.4 is 5.06 Å². The molecular weight excluding hydrogens is 290 g/mol. The molecule has 1 aromatic carbocycles. The van der Waals surface area contributed by atoms with Crippen LogP contribution >= 0.6 is 0 Å². The first-order valence-corrected chi connectivity index (χ1v) is 6.65. The van der Waals surface area contributed by atoms with Gasteiger partial charge in [0.1, 0.15) is 5.52 Å². The van der Waals surface area contributed by atoms with E-state index in [2.05, 4.69) is 15.0 Å². The second-order valence-corrected chi connectivity index (χ2v) is 4.39. The van der Waals surface area contributed by atoms with Crippen molar-refractivity contribution in [3.05, 3.63) is 54.4 Å². The molecule has 0 bridgehead atoms. The number of benzene rings is 1. The van der Waals surface area contributed by atoms with Gasteiger partial charge in [-0.15, -0.1) is 0 Å². The minimum Gasteiger partial charge on any atom is -0.266 e. The van der Waals surface area contributed by atoms with Crippen molar-refractivity contribution in [3.63, 3.8) is 0 Å². The summed E-state index contributed by atoms with van der Waals surface area (Å²) in [4.78, 5) is 18.1. The third-order valence-electron chi connectivity index (χ3n) is 2.92. The summed E-state index contributed by atoms with van der Waals surface area (Å²) in [5.74, 6) is -1.68. The van der Waals surface area contributed by atoms with Gasteiger partial charge >= 0.3 is 0 Å². The molecule has 0 saturated carbocycles. The molecule has 0 aliphatic rings. The molecule has 0 atom stereocenters. The van der Waals surface area contributed by atoms with Crippen molar-refractivity contribution >= 4 is 22.7 Å². The van der Waals surface area contributed by atoms with Crippen LogP contribution in [0, 0.1) is 11.6 Å². The van der Waals surface area contributed by atoms with Gasteiger partial charge in [0.2, 0.25) is 0 Å². The predicted octanol–water partition coefficient (Wildman–Crippen LogP) is 3.39. The highest BCUT2D eigenvalue weighted by Gasteiger charge is 2.16. The highest BCUT2D eigenvalue weighted by molar-refractivity contribution is 5.74. The maximum atomic E-state index is 13.4. The monoisotopic (exact) mass is 302 g/mol. The summed E-state index contributed by atoms with van der Waals surface area (Å²) in [6, 6.07) is 6.98. The average molecular weight is 302 g/mol. The van der Waals surface area contributed by atoms with E-state index in [-0.39, 0.29) is 5.95 Å². The van der Waals surface area contributed by atoms with E-state index < -0.39 is 11.6 Å². The maximum Gasteiger partial charge on any atom is 0.255 e. The Labute approximate surface area is 125 Å². The zero-order valence-corrected chi connectivity index (χ0v) is 11.7. The van der Waals surface area contributed by atoms with Gasteiger partial charge in [-0.25, -0.2) is 18.7 Å². The van der Waals surface area contributed by atoms with Crippen molar-refractivity contribution in [2.45, 2.75) is 6.92 Å². The van der Waals surface area contributed by atoms with Crippen LogP contribution in [0.1, 0.15) is 6.92 Å². The molecule has 0 spiro atoms. The summed E-state index contributed by atoms with van der Waals surface area (Å²) >= 11 is 0. The first-order valence-electron chi connectivity index (χ1n) is 6.65. The van der Waals surface area contributed by atoms with Crippen LogP contribution in [-0.4, -0.2) is 21.6 Å². The molecule has 0 aliphatic carbocycles. The van der Waals surface area contributed by atoms with Crippen molar-refractivity contribution in [2.75, 3.05) is 11.7 Å². The quantitative estimate of drug-likeness (QED) is 0.691. The van der Waals surface area contributed by atoms with Gasteiger partial charge in [-0.05, 0) is 31.2 Å². The Bertz CT molecular complexity index is 812. The zero-order chi connectivity index (χ0) is 15.5. The van der Waals surface area contributed by atoms with E-state index in [1.54, 1.807) is 31.5 Å². The lowest BCUT2D eigenvalue weighted by atomic mass is 10.3.